The van der Waals surface area contributed by atoms with Crippen molar-refractivity contribution in [2.45, 2.75) is 32.6 Å². The fourth-order valence-corrected chi connectivity index (χ4v) is 4.29. The Morgan fingerprint density at radius 2 is 1.50 bits per heavy atom. The van der Waals surface area contributed by atoms with E-state index < -0.39 is 0 Å². The summed E-state index contributed by atoms with van der Waals surface area (Å²) < 4.78 is 6.59. The van der Waals surface area contributed by atoms with Gasteiger partial charge in [0.05, 0.1) is 0 Å². The number of unbranched alkanes of at least 4 members (excludes halogenated alkanes) is 1. The highest BCUT2D eigenvalue weighted by atomic mass is 16.3. The Morgan fingerprint density at radius 1 is 0.714 bits per heavy atom. The average molecular weight is 364 g/mol. The predicted molar refractivity (Wildman–Crippen MR) is 119 cm³/mol. The van der Waals surface area contributed by atoms with Crippen LogP contribution in [0.1, 0.15) is 36.5 Å². The Balaban J connectivity index is 1.81. The van der Waals surface area contributed by atoms with Gasteiger partial charge in [-0.15, -0.1) is 0 Å². The van der Waals surface area contributed by atoms with Gasteiger partial charge in [0.15, 0.2) is 0 Å². The Bertz CT molecular complexity index is 1260. The fraction of sp³-hybridized carbons (Fsp3) is 0.185. The molecule has 1 nitrogen and oxygen atoms in total. The molecule has 28 heavy (non-hydrogen) atoms. The first-order valence-electron chi connectivity index (χ1n) is 10.2. The van der Waals surface area contributed by atoms with E-state index >= 15 is 0 Å². The lowest BCUT2D eigenvalue weighted by atomic mass is 9.96. The molecule has 0 aliphatic heterocycles. The van der Waals surface area contributed by atoms with Crippen LogP contribution < -0.4 is 0 Å². The van der Waals surface area contributed by atoms with Gasteiger partial charge in [-0.2, -0.15) is 0 Å². The van der Waals surface area contributed by atoms with Crippen LogP contribution in [-0.4, -0.2) is 0 Å². The molecule has 1 heterocycles. The molecule has 0 aliphatic carbocycles. The molecule has 1 aromatic heterocycles. The molecule has 4 aromatic carbocycles. The number of benzene rings is 4. The molecule has 0 spiro atoms. The van der Waals surface area contributed by atoms with Crippen molar-refractivity contribution in [3.05, 3.63) is 95.6 Å². The minimum Gasteiger partial charge on any atom is -0.455 e. The van der Waals surface area contributed by atoms with E-state index in [0.29, 0.717) is 0 Å². The molecule has 0 bridgehead atoms. The Labute approximate surface area is 165 Å². The summed E-state index contributed by atoms with van der Waals surface area (Å²) in [4.78, 5) is 0. The maximum atomic E-state index is 6.59. The predicted octanol–water partition coefficient (Wildman–Crippen LogP) is 7.67. The molecule has 0 aliphatic rings. The second kappa shape index (κ2) is 7.16. The molecule has 0 N–H and O–H groups in total. The number of hydrogen-bond acceptors (Lipinski definition) is 1. The van der Waals surface area contributed by atoms with Gasteiger partial charge < -0.3 is 4.42 Å². The number of rotatable bonds is 5. The lowest BCUT2D eigenvalue weighted by Crippen LogP contribution is -1.89. The molecule has 0 atom stereocenters. The van der Waals surface area contributed by atoms with Gasteiger partial charge in [0, 0.05) is 22.8 Å². The lowest BCUT2D eigenvalue weighted by Gasteiger charge is -2.07. The zero-order chi connectivity index (χ0) is 18.9. The molecule has 138 valence electrons. The second-order valence-electron chi connectivity index (χ2n) is 7.62. The summed E-state index contributed by atoms with van der Waals surface area (Å²) >= 11 is 0. The first-order chi connectivity index (χ1) is 13.8. The quantitative estimate of drug-likeness (QED) is 0.312. The van der Waals surface area contributed by atoms with Crippen molar-refractivity contribution in [1.29, 1.82) is 0 Å². The molecular formula is C27H24O. The zero-order valence-corrected chi connectivity index (χ0v) is 16.2. The van der Waals surface area contributed by atoms with Crippen LogP contribution in [0.2, 0.25) is 0 Å². The van der Waals surface area contributed by atoms with Gasteiger partial charge in [-0.05, 0) is 40.8 Å². The van der Waals surface area contributed by atoms with Crippen molar-refractivity contribution in [2.75, 3.05) is 0 Å². The summed E-state index contributed by atoms with van der Waals surface area (Å²) in [6.45, 7) is 2.24. The third kappa shape index (κ3) is 2.88. The zero-order valence-electron chi connectivity index (χ0n) is 16.2. The van der Waals surface area contributed by atoms with Crippen molar-refractivity contribution in [3.63, 3.8) is 0 Å². The van der Waals surface area contributed by atoms with Crippen LogP contribution in [0.5, 0.6) is 0 Å². The van der Waals surface area contributed by atoms with Gasteiger partial charge >= 0.3 is 0 Å². The van der Waals surface area contributed by atoms with Crippen LogP contribution in [0, 0.1) is 0 Å². The third-order valence-corrected chi connectivity index (χ3v) is 5.69. The maximum Gasteiger partial charge on any atom is 0.139 e. The smallest absolute Gasteiger partial charge is 0.139 e. The van der Waals surface area contributed by atoms with Crippen molar-refractivity contribution >= 4 is 32.7 Å². The fourth-order valence-electron chi connectivity index (χ4n) is 4.29. The van der Waals surface area contributed by atoms with E-state index in [9.17, 15) is 0 Å². The number of fused-ring (bicyclic) bond motifs is 5. The Hall–Kier alpha value is -3.06. The van der Waals surface area contributed by atoms with Crippen molar-refractivity contribution in [1.82, 2.24) is 0 Å². The standard InChI is InChI=1S/C27H24O/c1-2-3-12-20-14-9-16-24-25-23-15-8-7-13-21(23)18-22(27(25)28-26(20)24)17-19-10-5-4-6-11-19/h4-11,13-16,18H,2-3,12,17H2,1H3. The topological polar surface area (TPSA) is 13.1 Å². The molecule has 0 unspecified atom stereocenters. The van der Waals surface area contributed by atoms with E-state index in [2.05, 4.69) is 85.8 Å². The number of para-hydroxylation sites is 1. The monoisotopic (exact) mass is 364 g/mol. The third-order valence-electron chi connectivity index (χ3n) is 5.69. The largest absolute Gasteiger partial charge is 0.455 e. The highest BCUT2D eigenvalue weighted by molar-refractivity contribution is 6.20. The normalized spacial score (nSPS) is 11.6. The Morgan fingerprint density at radius 3 is 2.36 bits per heavy atom. The molecule has 5 aromatic rings. The first kappa shape index (κ1) is 17.1. The summed E-state index contributed by atoms with van der Waals surface area (Å²) in [5.41, 5.74) is 6.01. The average Bonchev–Trinajstić information content (AvgIpc) is 3.14. The minimum atomic E-state index is 0.881. The van der Waals surface area contributed by atoms with Crippen LogP contribution in [0.15, 0.2) is 83.3 Å². The second-order valence-corrected chi connectivity index (χ2v) is 7.62. The van der Waals surface area contributed by atoms with E-state index in [1.165, 1.54) is 51.1 Å². The summed E-state index contributed by atoms with van der Waals surface area (Å²) in [6.07, 6.45) is 4.33. The number of furan rings is 1. The van der Waals surface area contributed by atoms with E-state index in [1.807, 2.05) is 0 Å². The molecule has 0 saturated carbocycles. The van der Waals surface area contributed by atoms with Crippen LogP contribution in [0.25, 0.3) is 32.7 Å². The van der Waals surface area contributed by atoms with Gasteiger partial charge in [-0.3, -0.25) is 0 Å². The lowest BCUT2D eigenvalue weighted by molar-refractivity contribution is 0.654. The van der Waals surface area contributed by atoms with Gasteiger partial charge in [0.2, 0.25) is 0 Å². The van der Waals surface area contributed by atoms with Crippen LogP contribution >= 0.6 is 0 Å². The maximum absolute atomic E-state index is 6.59. The summed E-state index contributed by atoms with van der Waals surface area (Å²) in [7, 11) is 0. The molecule has 5 rings (SSSR count). The van der Waals surface area contributed by atoms with Gasteiger partial charge in [0.25, 0.3) is 0 Å². The number of aryl methyl sites for hydroxylation is 1. The molecule has 0 fully saturated rings. The van der Waals surface area contributed by atoms with Crippen molar-refractivity contribution < 1.29 is 4.42 Å². The highest BCUT2D eigenvalue weighted by Gasteiger charge is 2.17. The van der Waals surface area contributed by atoms with E-state index in [0.717, 1.165) is 24.0 Å². The molecule has 0 radical (unpaired) electrons. The van der Waals surface area contributed by atoms with Crippen LogP contribution in [0.3, 0.4) is 0 Å². The van der Waals surface area contributed by atoms with Gasteiger partial charge in [-0.25, -0.2) is 0 Å². The Kier molecular flexibility index (Phi) is 4.37. The summed E-state index contributed by atoms with van der Waals surface area (Å²) in [5.74, 6) is 0. The van der Waals surface area contributed by atoms with Gasteiger partial charge in [-0.1, -0.05) is 86.1 Å². The van der Waals surface area contributed by atoms with Crippen molar-refractivity contribution in [3.8, 4) is 0 Å². The molecule has 0 saturated heterocycles. The van der Waals surface area contributed by atoms with Crippen LogP contribution in [-0.2, 0) is 12.8 Å². The van der Waals surface area contributed by atoms with E-state index in [4.69, 9.17) is 4.42 Å². The molecule has 0 amide bonds. The van der Waals surface area contributed by atoms with Crippen LogP contribution in [0.4, 0.5) is 0 Å². The number of hydrogen-bond donors (Lipinski definition) is 0. The van der Waals surface area contributed by atoms with E-state index in [-0.39, 0.29) is 0 Å². The van der Waals surface area contributed by atoms with Crippen molar-refractivity contribution in [2.24, 2.45) is 0 Å². The molecular weight excluding hydrogens is 340 g/mol. The SMILES string of the molecule is CCCCc1cccc2c1oc1c(Cc3ccccc3)cc3ccccc3c12. The van der Waals surface area contributed by atoms with E-state index in [1.54, 1.807) is 0 Å². The summed E-state index contributed by atoms with van der Waals surface area (Å²) in [5, 5.41) is 5.07. The first-order valence-corrected chi connectivity index (χ1v) is 10.2. The highest BCUT2D eigenvalue weighted by Crippen LogP contribution is 2.39. The molecule has 1 heteroatoms. The summed E-state index contributed by atoms with van der Waals surface area (Å²) in [6, 6.07) is 28.3. The minimum absolute atomic E-state index is 0.881. The van der Waals surface area contributed by atoms with Gasteiger partial charge in [0.1, 0.15) is 11.2 Å².